The van der Waals surface area contributed by atoms with E-state index in [9.17, 15) is 28.9 Å². The second-order valence-electron chi connectivity index (χ2n) is 17.3. The molecule has 0 aromatic heterocycles. The van der Waals surface area contributed by atoms with Gasteiger partial charge < -0.3 is 24.2 Å². The topological polar surface area (TPSA) is 155 Å². The summed E-state index contributed by atoms with van der Waals surface area (Å²) in [6.45, 7) is 4.09. The fourth-order valence-corrected chi connectivity index (χ4v) is 7.16. The minimum Gasteiger partial charge on any atom is -0.462 e. The standard InChI is InChI=1S/C62H95O11P/c1-4-7-10-13-16-19-22-25-27-28-29-30-32-35-38-41-44-47-50-53-62(66)73-59(55-69-60(64)51-48-45-42-39-36-33-24-21-18-15-12-9-6-3)57-71-74(67,68)70-56-58(54-63)72-61(65)52-49-46-43-40-37-34-31-26-23-20-17-14-11-8-5-2/h7-8,10-12,15-17,19-21,24-27,29-31,35,37-38,40,44,46-47,49,58-59,63H,4-6,9,13-14,18,22-23,28,32-34,36,39,41-43,45,48,50-57H2,1-3H3,(H,67,68)/b10-7-,11-8-,15-12-,19-16-,20-17-,24-21-,27-25-,30-29-,31-26-,38-35-,40-37-,47-44-,49-46-. The Kier molecular flexibility index (Phi) is 50.8. The zero-order chi connectivity index (χ0) is 54.1. The Morgan fingerprint density at radius 1 is 0.405 bits per heavy atom. The van der Waals surface area contributed by atoms with Crippen molar-refractivity contribution >= 4 is 25.7 Å². The molecule has 0 saturated heterocycles. The van der Waals surface area contributed by atoms with Crippen LogP contribution in [0.15, 0.2) is 158 Å². The number of ether oxygens (including phenoxy) is 3. The van der Waals surface area contributed by atoms with Crippen LogP contribution >= 0.6 is 7.82 Å². The number of aliphatic hydroxyl groups excluding tert-OH is 1. The lowest BCUT2D eigenvalue weighted by atomic mass is 10.1. The molecule has 12 heteroatoms. The van der Waals surface area contributed by atoms with Gasteiger partial charge in [0.1, 0.15) is 12.7 Å². The highest BCUT2D eigenvalue weighted by Crippen LogP contribution is 2.43. The molecule has 3 unspecified atom stereocenters. The van der Waals surface area contributed by atoms with E-state index in [4.69, 9.17) is 23.3 Å². The van der Waals surface area contributed by atoms with Crippen LogP contribution in [0, 0.1) is 0 Å². The van der Waals surface area contributed by atoms with Crippen molar-refractivity contribution in [2.45, 2.75) is 187 Å². The largest absolute Gasteiger partial charge is 0.472 e. The first kappa shape index (κ1) is 69.1. The van der Waals surface area contributed by atoms with E-state index in [1.807, 2.05) is 30.4 Å². The van der Waals surface area contributed by atoms with Crippen LogP contribution in [0.2, 0.25) is 0 Å². The fraction of sp³-hybridized carbons (Fsp3) is 0.532. The van der Waals surface area contributed by atoms with Crippen molar-refractivity contribution in [1.29, 1.82) is 0 Å². The van der Waals surface area contributed by atoms with Crippen LogP contribution in [0.1, 0.15) is 175 Å². The Labute approximate surface area is 447 Å². The smallest absolute Gasteiger partial charge is 0.462 e. The molecule has 74 heavy (non-hydrogen) atoms. The van der Waals surface area contributed by atoms with E-state index < -0.39 is 64.4 Å². The summed E-state index contributed by atoms with van der Waals surface area (Å²) in [7, 11) is -4.80. The predicted octanol–water partition coefficient (Wildman–Crippen LogP) is 16.1. The molecule has 2 N–H and O–H groups in total. The molecule has 0 saturated carbocycles. The van der Waals surface area contributed by atoms with Gasteiger partial charge in [0.2, 0.25) is 0 Å². The van der Waals surface area contributed by atoms with Gasteiger partial charge in [-0.2, -0.15) is 0 Å². The number of hydrogen-bond donors (Lipinski definition) is 2. The van der Waals surface area contributed by atoms with E-state index >= 15 is 0 Å². The van der Waals surface area contributed by atoms with Crippen molar-refractivity contribution in [3.63, 3.8) is 0 Å². The third kappa shape index (κ3) is 52.0. The van der Waals surface area contributed by atoms with Crippen LogP contribution in [-0.2, 0) is 42.2 Å². The lowest BCUT2D eigenvalue weighted by molar-refractivity contribution is -0.161. The van der Waals surface area contributed by atoms with Gasteiger partial charge in [0.25, 0.3) is 0 Å². The van der Waals surface area contributed by atoms with Gasteiger partial charge in [-0.25, -0.2) is 4.57 Å². The molecule has 0 aliphatic rings. The minimum atomic E-state index is -4.80. The van der Waals surface area contributed by atoms with Crippen LogP contribution in [-0.4, -0.2) is 66.5 Å². The summed E-state index contributed by atoms with van der Waals surface area (Å²) in [5.41, 5.74) is 0. The van der Waals surface area contributed by atoms with Gasteiger partial charge in [-0.1, -0.05) is 204 Å². The number of hydrogen-bond acceptors (Lipinski definition) is 10. The maximum absolute atomic E-state index is 12.9. The van der Waals surface area contributed by atoms with Crippen molar-refractivity contribution in [2.24, 2.45) is 0 Å². The molecule has 0 bridgehead atoms. The van der Waals surface area contributed by atoms with Gasteiger partial charge >= 0.3 is 25.7 Å². The number of esters is 3. The molecule has 0 fully saturated rings. The van der Waals surface area contributed by atoms with Crippen molar-refractivity contribution < 1.29 is 52.2 Å². The Morgan fingerprint density at radius 3 is 1.24 bits per heavy atom. The number of unbranched alkanes of at least 4 members (excludes halogenated alkanes) is 6. The quantitative estimate of drug-likeness (QED) is 0.0197. The number of carbonyl (C=O) groups is 3. The molecular formula is C62H95O11P. The fourth-order valence-electron chi connectivity index (χ4n) is 6.38. The van der Waals surface area contributed by atoms with Gasteiger partial charge in [-0.15, -0.1) is 0 Å². The van der Waals surface area contributed by atoms with Gasteiger partial charge in [-0.05, 0) is 109 Å². The Hall–Kier alpha value is -4.90. The molecule has 414 valence electrons. The average molecular weight is 1050 g/mol. The van der Waals surface area contributed by atoms with E-state index in [0.717, 1.165) is 109 Å². The average Bonchev–Trinajstić information content (AvgIpc) is 3.39. The lowest BCUT2D eigenvalue weighted by Crippen LogP contribution is -2.30. The molecule has 0 rings (SSSR count). The van der Waals surface area contributed by atoms with Crippen LogP contribution in [0.3, 0.4) is 0 Å². The molecule has 0 aromatic rings. The van der Waals surface area contributed by atoms with Crippen LogP contribution in [0.4, 0.5) is 0 Å². The maximum Gasteiger partial charge on any atom is 0.472 e. The highest BCUT2D eigenvalue weighted by atomic mass is 31.2. The van der Waals surface area contributed by atoms with Crippen molar-refractivity contribution in [2.75, 3.05) is 26.4 Å². The third-order valence-corrected chi connectivity index (χ3v) is 11.4. The Bertz CT molecular complexity index is 1840. The first-order valence-corrected chi connectivity index (χ1v) is 28.9. The number of carbonyl (C=O) groups excluding carboxylic acids is 3. The van der Waals surface area contributed by atoms with Crippen LogP contribution < -0.4 is 0 Å². The Balaban J connectivity index is 4.97. The zero-order valence-corrected chi connectivity index (χ0v) is 46.4. The van der Waals surface area contributed by atoms with Crippen LogP contribution in [0.25, 0.3) is 0 Å². The predicted molar refractivity (Wildman–Crippen MR) is 306 cm³/mol. The lowest BCUT2D eigenvalue weighted by Gasteiger charge is -2.21. The minimum absolute atomic E-state index is 0.0227. The number of rotatable bonds is 48. The summed E-state index contributed by atoms with van der Waals surface area (Å²) in [6.07, 6.45) is 71.1. The highest BCUT2D eigenvalue weighted by molar-refractivity contribution is 7.47. The van der Waals surface area contributed by atoms with Gasteiger partial charge in [0.15, 0.2) is 6.10 Å². The second kappa shape index (κ2) is 54.4. The monoisotopic (exact) mass is 1050 g/mol. The summed E-state index contributed by atoms with van der Waals surface area (Å²) in [5.74, 6) is -1.75. The van der Waals surface area contributed by atoms with E-state index in [2.05, 4.69) is 142 Å². The van der Waals surface area contributed by atoms with E-state index in [1.54, 1.807) is 6.08 Å². The molecule has 3 atom stereocenters. The number of aliphatic hydroxyl groups is 1. The Morgan fingerprint density at radius 2 is 0.784 bits per heavy atom. The molecule has 0 spiro atoms. The molecule has 0 heterocycles. The maximum atomic E-state index is 12.9. The summed E-state index contributed by atoms with van der Waals surface area (Å²) in [5, 5.41) is 9.78. The molecule has 11 nitrogen and oxygen atoms in total. The normalized spacial score (nSPS) is 14.6. The first-order valence-electron chi connectivity index (χ1n) is 27.4. The second-order valence-corrected chi connectivity index (χ2v) is 18.7. The number of phosphoric ester groups is 1. The zero-order valence-electron chi connectivity index (χ0n) is 45.5. The molecule has 0 aromatic carbocycles. The van der Waals surface area contributed by atoms with Crippen molar-refractivity contribution in [3.8, 4) is 0 Å². The molecule has 0 aliphatic carbocycles. The molecule has 0 amide bonds. The molecular weight excluding hydrogens is 952 g/mol. The molecule has 0 radical (unpaired) electrons. The SMILES string of the molecule is CC/C=C\C/C=C\C/C=C\C/C=C\C/C=C\C/C=C\CCC(=O)OC(COC(=O)CCCCCCC/C=C\C/C=C\CCC)COP(=O)(O)OCC(CO)OC(=O)C/C=C\C/C=C\C/C=C\C/C=C\C/C=C\CC. The van der Waals surface area contributed by atoms with E-state index in [1.165, 1.54) is 0 Å². The van der Waals surface area contributed by atoms with E-state index in [0.29, 0.717) is 25.7 Å². The van der Waals surface area contributed by atoms with Crippen molar-refractivity contribution in [3.05, 3.63) is 158 Å². The summed E-state index contributed by atoms with van der Waals surface area (Å²) >= 11 is 0. The highest BCUT2D eigenvalue weighted by Gasteiger charge is 2.28. The number of allylic oxidation sites excluding steroid dienone is 25. The van der Waals surface area contributed by atoms with E-state index in [-0.39, 0.29) is 19.3 Å². The van der Waals surface area contributed by atoms with Crippen molar-refractivity contribution in [1.82, 2.24) is 0 Å². The number of phosphoric acid groups is 1. The summed E-state index contributed by atoms with van der Waals surface area (Å²) in [4.78, 5) is 48.4. The van der Waals surface area contributed by atoms with Gasteiger partial charge in [-0.3, -0.25) is 23.4 Å². The summed E-state index contributed by atoms with van der Waals surface area (Å²) < 4.78 is 39.2. The van der Waals surface area contributed by atoms with Gasteiger partial charge in [0.05, 0.1) is 26.2 Å². The van der Waals surface area contributed by atoms with Crippen LogP contribution in [0.5, 0.6) is 0 Å². The first-order chi connectivity index (χ1) is 36.2. The molecule has 0 aliphatic heterocycles. The van der Waals surface area contributed by atoms with Gasteiger partial charge in [0, 0.05) is 12.8 Å². The third-order valence-electron chi connectivity index (χ3n) is 10.4. The summed E-state index contributed by atoms with van der Waals surface area (Å²) in [6, 6.07) is 0.